The second-order valence-corrected chi connectivity index (χ2v) is 7.56. The molecule has 6 heteroatoms. The van der Waals surface area contributed by atoms with E-state index in [2.05, 4.69) is 27.9 Å². The summed E-state index contributed by atoms with van der Waals surface area (Å²) in [5.74, 6) is 0. The van der Waals surface area contributed by atoms with Gasteiger partial charge in [-0.15, -0.1) is 0 Å². The van der Waals surface area contributed by atoms with Gasteiger partial charge in [0, 0.05) is 22.7 Å². The van der Waals surface area contributed by atoms with E-state index >= 15 is 0 Å². The summed E-state index contributed by atoms with van der Waals surface area (Å²) in [4.78, 5) is 0.394. The van der Waals surface area contributed by atoms with Crippen molar-refractivity contribution in [3.05, 3.63) is 27.8 Å². The fraction of sp³-hybridized carbons (Fsp3) is 0.500. The molecular formula is C12H17IN2O2S. The average Bonchev–Trinajstić information content (AvgIpc) is 2.79. The Bertz CT molecular complexity index is 501. The van der Waals surface area contributed by atoms with Gasteiger partial charge in [-0.1, -0.05) is 0 Å². The number of benzene rings is 1. The summed E-state index contributed by atoms with van der Waals surface area (Å²) in [5.41, 5.74) is 0. The van der Waals surface area contributed by atoms with Gasteiger partial charge in [-0.25, -0.2) is 8.42 Å². The molecule has 2 rings (SSSR count). The fourth-order valence-corrected chi connectivity index (χ4v) is 4.36. The van der Waals surface area contributed by atoms with E-state index in [4.69, 9.17) is 0 Å². The van der Waals surface area contributed by atoms with E-state index in [-0.39, 0.29) is 6.04 Å². The molecule has 0 aromatic heterocycles. The van der Waals surface area contributed by atoms with Crippen molar-refractivity contribution in [2.24, 2.45) is 0 Å². The van der Waals surface area contributed by atoms with Crippen molar-refractivity contribution < 1.29 is 8.42 Å². The van der Waals surface area contributed by atoms with E-state index in [1.807, 2.05) is 19.2 Å². The third kappa shape index (κ3) is 2.87. The van der Waals surface area contributed by atoms with Crippen LogP contribution in [0.5, 0.6) is 0 Å². The van der Waals surface area contributed by atoms with Crippen LogP contribution in [0, 0.1) is 3.57 Å². The molecule has 0 bridgehead atoms. The molecular weight excluding hydrogens is 363 g/mol. The zero-order chi connectivity index (χ0) is 13.2. The predicted octanol–water partition coefficient (Wildman–Crippen LogP) is 1.66. The van der Waals surface area contributed by atoms with Crippen molar-refractivity contribution in [3.63, 3.8) is 0 Å². The van der Waals surface area contributed by atoms with E-state index in [0.29, 0.717) is 18.0 Å². The number of hydrogen-bond acceptors (Lipinski definition) is 3. The molecule has 0 amide bonds. The minimum Gasteiger partial charge on any atom is -0.318 e. The van der Waals surface area contributed by atoms with Gasteiger partial charge in [-0.3, -0.25) is 0 Å². The molecule has 1 aliphatic heterocycles. The second-order valence-electron chi connectivity index (χ2n) is 4.42. The lowest BCUT2D eigenvalue weighted by atomic mass is 10.2. The van der Waals surface area contributed by atoms with Crippen molar-refractivity contribution >= 4 is 32.6 Å². The van der Waals surface area contributed by atoms with E-state index in [1.54, 1.807) is 16.4 Å². The zero-order valence-corrected chi connectivity index (χ0v) is 13.2. The molecule has 1 atom stereocenters. The van der Waals surface area contributed by atoms with Gasteiger partial charge in [0.05, 0.1) is 4.90 Å². The van der Waals surface area contributed by atoms with Gasteiger partial charge in [0.2, 0.25) is 10.0 Å². The van der Waals surface area contributed by atoms with Crippen molar-refractivity contribution in [2.75, 3.05) is 20.1 Å². The molecule has 0 aliphatic carbocycles. The maximum atomic E-state index is 12.5. The van der Waals surface area contributed by atoms with Gasteiger partial charge in [0.25, 0.3) is 0 Å². The van der Waals surface area contributed by atoms with Crippen LogP contribution in [0.15, 0.2) is 29.2 Å². The summed E-state index contributed by atoms with van der Waals surface area (Å²) in [5, 5.41) is 3.06. The van der Waals surface area contributed by atoms with Crippen molar-refractivity contribution in [2.45, 2.75) is 23.8 Å². The molecule has 1 unspecified atom stereocenters. The Morgan fingerprint density at radius 2 is 2.06 bits per heavy atom. The first-order chi connectivity index (χ1) is 8.55. The molecule has 1 fully saturated rings. The molecule has 1 aromatic rings. The second kappa shape index (κ2) is 5.85. The number of nitrogens with zero attached hydrogens (tertiary/aromatic N) is 1. The molecule has 1 N–H and O–H groups in total. The number of likely N-dealkylation sites (N-methyl/N-ethyl adjacent to an activating group) is 1. The van der Waals surface area contributed by atoms with Crippen LogP contribution in [0.2, 0.25) is 0 Å². The molecule has 1 heterocycles. The maximum absolute atomic E-state index is 12.5. The first-order valence-electron chi connectivity index (χ1n) is 5.97. The minimum atomic E-state index is -3.34. The van der Waals surface area contributed by atoms with Crippen LogP contribution in [-0.4, -0.2) is 38.9 Å². The molecule has 0 radical (unpaired) electrons. The number of hydrogen-bond donors (Lipinski definition) is 1. The smallest absolute Gasteiger partial charge is 0.243 e. The zero-order valence-electron chi connectivity index (χ0n) is 10.3. The Kier molecular flexibility index (Phi) is 4.63. The van der Waals surface area contributed by atoms with Gasteiger partial charge in [-0.2, -0.15) is 4.31 Å². The highest BCUT2D eigenvalue weighted by atomic mass is 127. The molecule has 4 nitrogen and oxygen atoms in total. The van der Waals surface area contributed by atoms with E-state index in [0.717, 1.165) is 16.4 Å². The molecule has 0 saturated carbocycles. The summed E-state index contributed by atoms with van der Waals surface area (Å²) in [6.07, 6.45) is 1.88. The van der Waals surface area contributed by atoms with Gasteiger partial charge in [-0.05, 0) is 66.7 Å². The summed E-state index contributed by atoms with van der Waals surface area (Å²) < 4.78 is 27.7. The normalized spacial score (nSPS) is 21.3. The van der Waals surface area contributed by atoms with Crippen LogP contribution >= 0.6 is 22.6 Å². The summed E-state index contributed by atoms with van der Waals surface area (Å²) >= 11 is 2.17. The standard InChI is InChI=1S/C12H17IN2O2S/c1-14-9-11-3-2-8-15(11)18(16,17)12-6-4-10(13)5-7-12/h4-7,11,14H,2-3,8-9H2,1H3. The molecule has 18 heavy (non-hydrogen) atoms. The van der Waals surface area contributed by atoms with E-state index < -0.39 is 10.0 Å². The summed E-state index contributed by atoms with van der Waals surface area (Å²) in [6.45, 7) is 1.34. The van der Waals surface area contributed by atoms with E-state index in [9.17, 15) is 8.42 Å². The maximum Gasteiger partial charge on any atom is 0.243 e. The summed E-state index contributed by atoms with van der Waals surface area (Å²) in [6, 6.07) is 7.12. The van der Waals surface area contributed by atoms with Crippen molar-refractivity contribution in [1.29, 1.82) is 0 Å². The van der Waals surface area contributed by atoms with Crippen LogP contribution in [0.1, 0.15) is 12.8 Å². The topological polar surface area (TPSA) is 49.4 Å². The third-order valence-corrected chi connectivity index (χ3v) is 5.87. The first-order valence-corrected chi connectivity index (χ1v) is 8.49. The monoisotopic (exact) mass is 380 g/mol. The number of halogens is 1. The van der Waals surface area contributed by atoms with Gasteiger partial charge in [0.1, 0.15) is 0 Å². The van der Waals surface area contributed by atoms with Gasteiger partial charge < -0.3 is 5.32 Å². The van der Waals surface area contributed by atoms with E-state index in [1.165, 1.54) is 0 Å². The van der Waals surface area contributed by atoms with Crippen LogP contribution in [0.4, 0.5) is 0 Å². The van der Waals surface area contributed by atoms with Crippen LogP contribution in [0.25, 0.3) is 0 Å². The third-order valence-electron chi connectivity index (χ3n) is 3.18. The fourth-order valence-electron chi connectivity index (χ4n) is 2.31. The molecule has 100 valence electrons. The molecule has 1 aromatic carbocycles. The lowest BCUT2D eigenvalue weighted by Gasteiger charge is -2.23. The van der Waals surface area contributed by atoms with Gasteiger partial charge in [0.15, 0.2) is 0 Å². The van der Waals surface area contributed by atoms with Crippen molar-refractivity contribution in [3.8, 4) is 0 Å². The van der Waals surface area contributed by atoms with Gasteiger partial charge >= 0.3 is 0 Å². The molecule has 1 saturated heterocycles. The average molecular weight is 380 g/mol. The number of rotatable bonds is 4. The van der Waals surface area contributed by atoms with Crippen LogP contribution in [0.3, 0.4) is 0 Å². The Hall–Kier alpha value is -0.180. The lowest BCUT2D eigenvalue weighted by Crippen LogP contribution is -2.40. The largest absolute Gasteiger partial charge is 0.318 e. The highest BCUT2D eigenvalue weighted by Gasteiger charge is 2.34. The number of nitrogens with one attached hydrogen (secondary N) is 1. The highest BCUT2D eigenvalue weighted by molar-refractivity contribution is 14.1. The van der Waals surface area contributed by atoms with Crippen LogP contribution < -0.4 is 5.32 Å². The Morgan fingerprint density at radius 1 is 1.39 bits per heavy atom. The molecule has 0 spiro atoms. The minimum absolute atomic E-state index is 0.0827. The quantitative estimate of drug-likeness (QED) is 0.809. The Balaban J connectivity index is 2.27. The van der Waals surface area contributed by atoms with Crippen LogP contribution in [-0.2, 0) is 10.0 Å². The molecule has 1 aliphatic rings. The Labute approximate surface area is 122 Å². The highest BCUT2D eigenvalue weighted by Crippen LogP contribution is 2.26. The van der Waals surface area contributed by atoms with Crippen molar-refractivity contribution in [1.82, 2.24) is 9.62 Å². The SMILES string of the molecule is CNCC1CCCN1S(=O)(=O)c1ccc(I)cc1. The lowest BCUT2D eigenvalue weighted by molar-refractivity contribution is 0.379. The first kappa shape index (κ1) is 14.2. The number of sulfonamides is 1. The summed E-state index contributed by atoms with van der Waals surface area (Å²) in [7, 11) is -1.48. The predicted molar refractivity (Wildman–Crippen MR) is 80.0 cm³/mol. The Morgan fingerprint density at radius 3 is 2.67 bits per heavy atom.